The number of aromatic nitrogens is 2. The highest BCUT2D eigenvalue weighted by molar-refractivity contribution is 6.03. The van der Waals surface area contributed by atoms with Gasteiger partial charge in [0.1, 0.15) is 18.1 Å². The van der Waals surface area contributed by atoms with Crippen LogP contribution >= 0.6 is 0 Å². The number of benzene rings is 1. The van der Waals surface area contributed by atoms with E-state index in [-0.39, 0.29) is 17.9 Å². The van der Waals surface area contributed by atoms with E-state index in [1.165, 1.54) is 0 Å². The summed E-state index contributed by atoms with van der Waals surface area (Å²) in [4.78, 5) is 39.9. The van der Waals surface area contributed by atoms with Crippen molar-refractivity contribution in [3.05, 3.63) is 46.8 Å². The van der Waals surface area contributed by atoms with E-state index in [9.17, 15) is 15.0 Å². The normalized spacial score (nSPS) is 18.8. The van der Waals surface area contributed by atoms with Crippen LogP contribution in [0.1, 0.15) is 68.6 Å². The first-order chi connectivity index (χ1) is 17.3. The van der Waals surface area contributed by atoms with Crippen molar-refractivity contribution in [1.29, 1.82) is 5.41 Å². The van der Waals surface area contributed by atoms with Crippen LogP contribution in [0.5, 0.6) is 5.75 Å². The topological polar surface area (TPSA) is 103 Å². The monoisotopic (exact) mass is 492 g/mol. The van der Waals surface area contributed by atoms with Crippen LogP contribution < -0.4 is 9.64 Å². The predicted octanol–water partition coefficient (Wildman–Crippen LogP) is 3.18. The van der Waals surface area contributed by atoms with Gasteiger partial charge in [-0.2, -0.15) is 0 Å². The van der Waals surface area contributed by atoms with Crippen LogP contribution in [0.15, 0.2) is 24.3 Å². The van der Waals surface area contributed by atoms with E-state index in [1.807, 2.05) is 29.2 Å². The number of ether oxygens (including phenoxy) is 1. The van der Waals surface area contributed by atoms with Crippen molar-refractivity contribution >= 4 is 23.9 Å². The zero-order chi connectivity index (χ0) is 26.0. The lowest BCUT2D eigenvalue weighted by atomic mass is 9.87. The van der Waals surface area contributed by atoms with Gasteiger partial charge < -0.3 is 24.7 Å². The minimum atomic E-state index is -0.474. The van der Waals surface area contributed by atoms with E-state index in [0.29, 0.717) is 62.2 Å². The highest BCUT2D eigenvalue weighted by Crippen LogP contribution is 2.38. The predicted molar refractivity (Wildman–Crippen MR) is 139 cm³/mol. The number of fused-ring (bicyclic) bond motifs is 1. The van der Waals surface area contributed by atoms with Gasteiger partial charge in [-0.3, -0.25) is 9.69 Å². The molecule has 1 aromatic heterocycles. The molecule has 36 heavy (non-hydrogen) atoms. The Morgan fingerprint density at radius 3 is 2.47 bits per heavy atom. The number of hydrogen-bond donors (Lipinski definition) is 1. The fourth-order valence-corrected chi connectivity index (χ4v) is 5.26. The van der Waals surface area contributed by atoms with Gasteiger partial charge in [-0.15, -0.1) is 0 Å². The molecule has 1 amide bonds. The van der Waals surface area contributed by atoms with Crippen molar-refractivity contribution in [2.45, 2.75) is 58.7 Å². The number of methoxy groups -OCH3 is 1. The summed E-state index contributed by atoms with van der Waals surface area (Å²) in [5.74, 6) is 1.10. The highest BCUT2D eigenvalue weighted by Gasteiger charge is 2.38. The molecule has 1 aromatic carbocycles. The Balaban J connectivity index is 1.79. The number of piperazine rings is 1. The second-order valence-corrected chi connectivity index (χ2v) is 9.69. The lowest BCUT2D eigenvalue weighted by Gasteiger charge is -2.34. The van der Waals surface area contributed by atoms with Crippen LogP contribution in [0.4, 0.5) is 5.95 Å². The Bertz CT molecular complexity index is 1140. The van der Waals surface area contributed by atoms with Crippen LogP contribution in [0.25, 0.3) is 0 Å². The molecular formula is C27H36N6O3. The number of carbonyl (C=O) groups is 2. The molecule has 192 valence electrons. The van der Waals surface area contributed by atoms with Crippen molar-refractivity contribution in [3.63, 3.8) is 0 Å². The summed E-state index contributed by atoms with van der Waals surface area (Å²) in [5.41, 5.74) is 3.48. The first-order valence-corrected chi connectivity index (χ1v) is 12.6. The zero-order valence-corrected chi connectivity index (χ0v) is 21.8. The van der Waals surface area contributed by atoms with Crippen molar-refractivity contribution in [2.75, 3.05) is 38.2 Å². The van der Waals surface area contributed by atoms with Crippen LogP contribution in [0.2, 0.25) is 0 Å². The molecule has 4 rings (SSSR count). The number of rotatable bonds is 8. The molecular weight excluding hydrogens is 456 g/mol. The van der Waals surface area contributed by atoms with Gasteiger partial charge in [0.05, 0.1) is 24.2 Å². The van der Waals surface area contributed by atoms with Crippen LogP contribution in [0, 0.1) is 5.41 Å². The van der Waals surface area contributed by atoms with Crippen molar-refractivity contribution in [1.82, 2.24) is 19.8 Å². The minimum absolute atomic E-state index is 0.0585. The van der Waals surface area contributed by atoms with Gasteiger partial charge in [-0.1, -0.05) is 25.1 Å². The van der Waals surface area contributed by atoms with E-state index in [1.54, 1.807) is 14.0 Å². The average Bonchev–Trinajstić information content (AvgIpc) is 3.27. The van der Waals surface area contributed by atoms with Gasteiger partial charge in [0.2, 0.25) is 11.9 Å². The van der Waals surface area contributed by atoms with Crippen molar-refractivity contribution in [2.24, 2.45) is 0 Å². The van der Waals surface area contributed by atoms with E-state index in [2.05, 4.69) is 30.6 Å². The Morgan fingerprint density at radius 2 is 1.89 bits per heavy atom. The molecule has 0 saturated carbocycles. The lowest BCUT2D eigenvalue weighted by molar-refractivity contribution is -0.129. The highest BCUT2D eigenvalue weighted by atomic mass is 16.5. The molecule has 3 heterocycles. The third-order valence-corrected chi connectivity index (χ3v) is 7.33. The standard InChI is InChI=1S/C27H36N6O3/c1-6-19(20-9-7-8-10-23(20)36-5)24(28)26-21-15-33(17(2)3)22(16-34)25(21)29-27(30-26)32-13-11-31(12-14-32)18(4)35/h7-10,16-17,19,22,28H,6,11-15H2,1-5H3. The molecule has 0 aliphatic carbocycles. The maximum Gasteiger partial charge on any atom is 0.226 e. The molecule has 0 radical (unpaired) electrons. The molecule has 2 aliphatic rings. The fourth-order valence-electron chi connectivity index (χ4n) is 5.26. The third kappa shape index (κ3) is 4.72. The largest absolute Gasteiger partial charge is 0.496 e. The molecule has 0 bridgehead atoms. The maximum atomic E-state index is 12.2. The van der Waals surface area contributed by atoms with E-state index in [4.69, 9.17) is 14.7 Å². The summed E-state index contributed by atoms with van der Waals surface area (Å²) in [6.07, 6.45) is 1.65. The molecule has 2 atom stereocenters. The van der Waals surface area contributed by atoms with Crippen LogP contribution in [0.3, 0.4) is 0 Å². The average molecular weight is 493 g/mol. The number of carbonyl (C=O) groups excluding carboxylic acids is 2. The van der Waals surface area contributed by atoms with E-state index < -0.39 is 6.04 Å². The molecule has 9 heteroatoms. The molecule has 2 unspecified atom stereocenters. The molecule has 9 nitrogen and oxygen atoms in total. The molecule has 0 spiro atoms. The smallest absolute Gasteiger partial charge is 0.226 e. The number of amides is 1. The number of hydrogen-bond acceptors (Lipinski definition) is 8. The Kier molecular flexibility index (Phi) is 7.68. The Labute approximate surface area is 213 Å². The molecule has 1 fully saturated rings. The van der Waals surface area contributed by atoms with Gasteiger partial charge in [-0.25, -0.2) is 9.97 Å². The number of anilines is 1. The summed E-state index contributed by atoms with van der Waals surface area (Å²) < 4.78 is 5.61. The maximum absolute atomic E-state index is 12.2. The first kappa shape index (κ1) is 25.8. The van der Waals surface area contributed by atoms with Crippen LogP contribution in [-0.4, -0.2) is 77.0 Å². The number of nitrogens with zero attached hydrogens (tertiary/aromatic N) is 5. The van der Waals surface area contributed by atoms with Gasteiger partial charge in [0, 0.05) is 62.7 Å². The quantitative estimate of drug-likeness (QED) is 0.446. The summed E-state index contributed by atoms with van der Waals surface area (Å²) in [5, 5.41) is 9.34. The summed E-state index contributed by atoms with van der Waals surface area (Å²) in [6, 6.07) is 7.46. The second kappa shape index (κ2) is 10.7. The van der Waals surface area contributed by atoms with E-state index in [0.717, 1.165) is 23.2 Å². The Morgan fingerprint density at radius 1 is 1.19 bits per heavy atom. The molecule has 1 N–H and O–H groups in total. The van der Waals surface area contributed by atoms with E-state index >= 15 is 0 Å². The third-order valence-electron chi connectivity index (χ3n) is 7.33. The zero-order valence-electron chi connectivity index (χ0n) is 21.8. The molecule has 1 saturated heterocycles. The minimum Gasteiger partial charge on any atom is -0.496 e. The number of nitrogens with one attached hydrogen (secondary N) is 1. The SMILES string of the molecule is CCC(C(=N)c1nc(N2CCN(C(C)=O)CC2)nc2c1CN(C(C)C)C2C=O)c1ccccc1OC. The first-order valence-electron chi connectivity index (χ1n) is 12.6. The summed E-state index contributed by atoms with van der Waals surface area (Å²) >= 11 is 0. The molecule has 2 aromatic rings. The van der Waals surface area contributed by atoms with Crippen molar-refractivity contribution < 1.29 is 14.3 Å². The van der Waals surface area contributed by atoms with Crippen LogP contribution in [-0.2, 0) is 16.1 Å². The van der Waals surface area contributed by atoms with Crippen molar-refractivity contribution in [3.8, 4) is 5.75 Å². The second-order valence-electron chi connectivity index (χ2n) is 9.69. The summed E-state index contributed by atoms with van der Waals surface area (Å²) in [6.45, 7) is 10.7. The number of aldehydes is 1. The number of para-hydroxylation sites is 1. The fraction of sp³-hybridized carbons (Fsp3) is 0.519. The van der Waals surface area contributed by atoms with Gasteiger partial charge >= 0.3 is 0 Å². The van der Waals surface area contributed by atoms with Gasteiger partial charge in [0.15, 0.2) is 0 Å². The Hall–Kier alpha value is -3.33. The summed E-state index contributed by atoms with van der Waals surface area (Å²) in [7, 11) is 1.64. The molecule has 2 aliphatic heterocycles. The lowest BCUT2D eigenvalue weighted by Crippen LogP contribution is -2.48. The van der Waals surface area contributed by atoms with Gasteiger partial charge in [0.25, 0.3) is 0 Å². The van der Waals surface area contributed by atoms with Gasteiger partial charge in [-0.05, 0) is 26.3 Å².